The third-order valence-electron chi connectivity index (χ3n) is 3.11. The molecule has 0 aromatic carbocycles. The van der Waals surface area contributed by atoms with Crippen LogP contribution in [0.25, 0.3) is 0 Å². The Kier molecular flexibility index (Phi) is 5.72. The van der Waals surface area contributed by atoms with Crippen molar-refractivity contribution >= 4 is 9.84 Å². The van der Waals surface area contributed by atoms with Gasteiger partial charge < -0.3 is 10.6 Å². The van der Waals surface area contributed by atoms with E-state index in [1.807, 2.05) is 0 Å². The van der Waals surface area contributed by atoms with Crippen molar-refractivity contribution in [1.29, 1.82) is 0 Å². The number of likely N-dealkylation sites (N-methyl/N-ethyl adjacent to an activating group) is 1. The highest BCUT2D eigenvalue weighted by Crippen LogP contribution is 2.18. The van der Waals surface area contributed by atoms with Crippen LogP contribution >= 0.6 is 0 Å². The molecule has 0 spiro atoms. The minimum absolute atomic E-state index is 0.162. The highest BCUT2D eigenvalue weighted by atomic mass is 32.2. The van der Waals surface area contributed by atoms with Gasteiger partial charge in [-0.15, -0.1) is 0 Å². The molecule has 16 heavy (non-hydrogen) atoms. The summed E-state index contributed by atoms with van der Waals surface area (Å²) in [7, 11) is -2.82. The van der Waals surface area contributed by atoms with Gasteiger partial charge in [0.1, 0.15) is 0 Å². The topological polar surface area (TPSA) is 58.2 Å². The summed E-state index contributed by atoms with van der Waals surface area (Å²) in [4.78, 5) is 0. The van der Waals surface area contributed by atoms with Gasteiger partial charge in [0.2, 0.25) is 0 Å². The average molecular weight is 248 g/mol. The SMILES string of the molecule is CCNCC(C)NCC1CCCCS1(=O)=O. The Hall–Kier alpha value is -0.130. The summed E-state index contributed by atoms with van der Waals surface area (Å²) in [6.07, 6.45) is 2.71. The molecule has 2 atom stereocenters. The lowest BCUT2D eigenvalue weighted by Crippen LogP contribution is -2.43. The van der Waals surface area contributed by atoms with Crippen LogP contribution in [-0.2, 0) is 9.84 Å². The maximum atomic E-state index is 11.8. The van der Waals surface area contributed by atoms with Gasteiger partial charge in [0.25, 0.3) is 0 Å². The molecular weight excluding hydrogens is 224 g/mol. The Labute approximate surface area is 99.1 Å². The molecule has 1 heterocycles. The minimum Gasteiger partial charge on any atom is -0.315 e. The molecule has 0 aromatic rings. The van der Waals surface area contributed by atoms with Gasteiger partial charge in [-0.25, -0.2) is 8.42 Å². The molecule has 0 bridgehead atoms. The fourth-order valence-corrected chi connectivity index (χ4v) is 3.83. The summed E-state index contributed by atoms with van der Waals surface area (Å²) < 4.78 is 23.5. The normalized spacial score (nSPS) is 26.5. The molecule has 0 radical (unpaired) electrons. The summed E-state index contributed by atoms with van der Waals surface area (Å²) >= 11 is 0. The molecule has 0 aromatic heterocycles. The van der Waals surface area contributed by atoms with Crippen LogP contribution in [-0.4, -0.2) is 45.1 Å². The van der Waals surface area contributed by atoms with E-state index in [0.717, 1.165) is 32.4 Å². The highest BCUT2D eigenvalue weighted by Gasteiger charge is 2.28. The van der Waals surface area contributed by atoms with Gasteiger partial charge in [0, 0.05) is 19.1 Å². The van der Waals surface area contributed by atoms with Crippen molar-refractivity contribution in [3.8, 4) is 0 Å². The van der Waals surface area contributed by atoms with Crippen LogP contribution in [0.4, 0.5) is 0 Å². The van der Waals surface area contributed by atoms with E-state index in [1.54, 1.807) is 0 Å². The monoisotopic (exact) mass is 248 g/mol. The lowest BCUT2D eigenvalue weighted by molar-refractivity contribution is 0.474. The molecule has 1 rings (SSSR count). The predicted molar refractivity (Wildman–Crippen MR) is 67.4 cm³/mol. The molecule has 1 fully saturated rings. The summed E-state index contributed by atoms with van der Waals surface area (Å²) in [5.41, 5.74) is 0. The smallest absolute Gasteiger partial charge is 0.154 e. The van der Waals surface area contributed by atoms with E-state index in [0.29, 0.717) is 18.3 Å². The zero-order valence-electron chi connectivity index (χ0n) is 10.3. The van der Waals surface area contributed by atoms with Gasteiger partial charge in [-0.2, -0.15) is 0 Å². The van der Waals surface area contributed by atoms with Crippen molar-refractivity contribution in [3.05, 3.63) is 0 Å². The van der Waals surface area contributed by atoms with Crippen molar-refractivity contribution in [3.63, 3.8) is 0 Å². The quantitative estimate of drug-likeness (QED) is 0.720. The first-order chi connectivity index (χ1) is 7.56. The molecule has 0 saturated carbocycles. The Bertz CT molecular complexity index is 290. The van der Waals surface area contributed by atoms with E-state index < -0.39 is 9.84 Å². The molecular formula is C11H24N2O2S. The predicted octanol–water partition coefficient (Wildman–Crippen LogP) is 0.541. The summed E-state index contributed by atoms with van der Waals surface area (Å²) in [5.74, 6) is 0.376. The maximum Gasteiger partial charge on any atom is 0.154 e. The Morgan fingerprint density at radius 2 is 2.12 bits per heavy atom. The first-order valence-corrected chi connectivity index (χ1v) is 7.93. The minimum atomic E-state index is -2.82. The summed E-state index contributed by atoms with van der Waals surface area (Å²) in [6.45, 7) is 6.60. The molecule has 5 heteroatoms. The molecule has 4 nitrogen and oxygen atoms in total. The van der Waals surface area contributed by atoms with Crippen molar-refractivity contribution in [2.45, 2.75) is 44.4 Å². The molecule has 2 N–H and O–H groups in total. The second-order valence-electron chi connectivity index (χ2n) is 4.60. The number of hydrogen-bond donors (Lipinski definition) is 2. The number of nitrogens with one attached hydrogen (secondary N) is 2. The fraction of sp³-hybridized carbons (Fsp3) is 1.00. The van der Waals surface area contributed by atoms with Crippen molar-refractivity contribution in [1.82, 2.24) is 10.6 Å². The Balaban J connectivity index is 2.30. The van der Waals surface area contributed by atoms with Crippen molar-refractivity contribution in [2.24, 2.45) is 0 Å². The first kappa shape index (κ1) is 13.9. The van der Waals surface area contributed by atoms with E-state index in [-0.39, 0.29) is 5.25 Å². The van der Waals surface area contributed by atoms with Gasteiger partial charge in [-0.1, -0.05) is 13.3 Å². The summed E-state index contributed by atoms with van der Waals surface area (Å²) in [6, 6.07) is 0.331. The molecule has 0 aliphatic carbocycles. The molecule has 1 aliphatic heterocycles. The van der Waals surface area contributed by atoms with E-state index in [9.17, 15) is 8.42 Å². The number of sulfone groups is 1. The third-order valence-corrected chi connectivity index (χ3v) is 5.38. The van der Waals surface area contributed by atoms with E-state index in [1.165, 1.54) is 0 Å². The van der Waals surface area contributed by atoms with Crippen LogP contribution < -0.4 is 10.6 Å². The number of rotatable bonds is 6. The summed E-state index contributed by atoms with van der Waals surface area (Å²) in [5, 5.41) is 6.38. The Morgan fingerprint density at radius 3 is 2.75 bits per heavy atom. The molecule has 96 valence electrons. The largest absolute Gasteiger partial charge is 0.315 e. The van der Waals surface area contributed by atoms with Crippen LogP contribution in [0.2, 0.25) is 0 Å². The molecule has 2 unspecified atom stereocenters. The van der Waals surface area contributed by atoms with Crippen LogP contribution in [0.3, 0.4) is 0 Å². The highest BCUT2D eigenvalue weighted by molar-refractivity contribution is 7.92. The van der Waals surface area contributed by atoms with Crippen molar-refractivity contribution < 1.29 is 8.42 Å². The van der Waals surface area contributed by atoms with Crippen LogP contribution in [0, 0.1) is 0 Å². The van der Waals surface area contributed by atoms with Gasteiger partial charge in [-0.3, -0.25) is 0 Å². The average Bonchev–Trinajstić information content (AvgIpc) is 2.24. The third kappa shape index (κ3) is 4.39. The number of hydrogen-bond acceptors (Lipinski definition) is 4. The second-order valence-corrected chi connectivity index (χ2v) is 7.00. The van der Waals surface area contributed by atoms with Gasteiger partial charge in [0.05, 0.1) is 11.0 Å². The first-order valence-electron chi connectivity index (χ1n) is 6.22. The van der Waals surface area contributed by atoms with E-state index >= 15 is 0 Å². The lowest BCUT2D eigenvalue weighted by Gasteiger charge is -2.24. The van der Waals surface area contributed by atoms with Crippen LogP contribution in [0.5, 0.6) is 0 Å². The molecule has 0 amide bonds. The standard InChI is InChI=1S/C11H24N2O2S/c1-3-12-8-10(2)13-9-11-6-4-5-7-16(11,14)15/h10-13H,3-9H2,1-2H3. The Morgan fingerprint density at radius 1 is 1.38 bits per heavy atom. The zero-order valence-corrected chi connectivity index (χ0v) is 11.1. The molecule has 1 aliphatic rings. The van der Waals surface area contributed by atoms with Gasteiger partial charge in [-0.05, 0) is 26.3 Å². The van der Waals surface area contributed by atoms with Crippen LogP contribution in [0.15, 0.2) is 0 Å². The molecule has 1 saturated heterocycles. The lowest BCUT2D eigenvalue weighted by atomic mass is 10.2. The van der Waals surface area contributed by atoms with E-state index in [2.05, 4.69) is 24.5 Å². The van der Waals surface area contributed by atoms with Crippen LogP contribution in [0.1, 0.15) is 33.1 Å². The van der Waals surface area contributed by atoms with Gasteiger partial charge >= 0.3 is 0 Å². The fourth-order valence-electron chi connectivity index (χ4n) is 2.02. The zero-order chi connectivity index (χ0) is 12.0. The van der Waals surface area contributed by atoms with E-state index in [4.69, 9.17) is 0 Å². The maximum absolute atomic E-state index is 11.8. The second kappa shape index (κ2) is 6.57. The van der Waals surface area contributed by atoms with Crippen molar-refractivity contribution in [2.75, 3.05) is 25.4 Å². The van der Waals surface area contributed by atoms with Gasteiger partial charge in [0.15, 0.2) is 9.84 Å².